The van der Waals surface area contributed by atoms with Crippen molar-refractivity contribution in [3.8, 4) is 0 Å². The highest BCUT2D eigenvalue weighted by Crippen LogP contribution is 2.14. The number of carbonyl (C=O) groups is 1. The van der Waals surface area contributed by atoms with Crippen molar-refractivity contribution >= 4 is 21.8 Å². The SMILES string of the molecule is CCC(C)N1CCN(C(=O)Cc2cccc(Br)c2)CC1. The summed E-state index contributed by atoms with van der Waals surface area (Å²) in [5.74, 6) is 0.243. The van der Waals surface area contributed by atoms with E-state index in [1.165, 1.54) is 6.42 Å². The number of hydrogen-bond acceptors (Lipinski definition) is 2. The Labute approximate surface area is 130 Å². The van der Waals surface area contributed by atoms with E-state index in [4.69, 9.17) is 0 Å². The molecule has 1 unspecified atom stereocenters. The maximum absolute atomic E-state index is 12.3. The molecule has 0 aliphatic carbocycles. The van der Waals surface area contributed by atoms with Crippen molar-refractivity contribution in [2.45, 2.75) is 32.7 Å². The Morgan fingerprint density at radius 2 is 2.00 bits per heavy atom. The number of hydrogen-bond donors (Lipinski definition) is 0. The van der Waals surface area contributed by atoms with Crippen molar-refractivity contribution in [2.75, 3.05) is 26.2 Å². The van der Waals surface area contributed by atoms with Gasteiger partial charge in [-0.25, -0.2) is 0 Å². The van der Waals surface area contributed by atoms with Gasteiger partial charge in [0.1, 0.15) is 0 Å². The van der Waals surface area contributed by atoms with Crippen LogP contribution in [0.15, 0.2) is 28.7 Å². The number of benzene rings is 1. The van der Waals surface area contributed by atoms with Crippen LogP contribution in [0, 0.1) is 0 Å². The van der Waals surface area contributed by atoms with Crippen molar-refractivity contribution in [3.63, 3.8) is 0 Å². The molecule has 1 saturated heterocycles. The van der Waals surface area contributed by atoms with Gasteiger partial charge in [0.2, 0.25) is 5.91 Å². The maximum atomic E-state index is 12.3. The van der Waals surface area contributed by atoms with Gasteiger partial charge in [-0.2, -0.15) is 0 Å². The van der Waals surface area contributed by atoms with Crippen molar-refractivity contribution in [2.24, 2.45) is 0 Å². The third-order valence-electron chi connectivity index (χ3n) is 4.13. The van der Waals surface area contributed by atoms with Crippen LogP contribution in [0.2, 0.25) is 0 Å². The van der Waals surface area contributed by atoms with Crippen LogP contribution in [-0.2, 0) is 11.2 Å². The second-order valence-electron chi connectivity index (χ2n) is 5.48. The molecule has 110 valence electrons. The Hall–Kier alpha value is -0.870. The van der Waals surface area contributed by atoms with Gasteiger partial charge in [-0.3, -0.25) is 9.69 Å². The number of amides is 1. The monoisotopic (exact) mass is 338 g/mol. The molecule has 1 fully saturated rings. The smallest absolute Gasteiger partial charge is 0.227 e. The summed E-state index contributed by atoms with van der Waals surface area (Å²) in [5.41, 5.74) is 1.08. The molecule has 0 aromatic heterocycles. The van der Waals surface area contributed by atoms with Crippen LogP contribution in [0.5, 0.6) is 0 Å². The van der Waals surface area contributed by atoms with Crippen molar-refractivity contribution < 1.29 is 4.79 Å². The van der Waals surface area contributed by atoms with E-state index in [1.54, 1.807) is 0 Å². The Kier molecular flexibility index (Phi) is 5.61. The molecule has 1 aliphatic heterocycles. The van der Waals surface area contributed by atoms with Crippen LogP contribution in [-0.4, -0.2) is 47.9 Å². The number of halogens is 1. The highest BCUT2D eigenvalue weighted by Gasteiger charge is 2.23. The highest BCUT2D eigenvalue weighted by molar-refractivity contribution is 9.10. The molecular formula is C16H23BrN2O. The third-order valence-corrected chi connectivity index (χ3v) is 4.62. The van der Waals surface area contributed by atoms with E-state index < -0.39 is 0 Å². The van der Waals surface area contributed by atoms with Gasteiger partial charge in [0.15, 0.2) is 0 Å². The fraction of sp³-hybridized carbons (Fsp3) is 0.562. The van der Waals surface area contributed by atoms with Gasteiger partial charge in [0.05, 0.1) is 6.42 Å². The Balaban J connectivity index is 1.86. The van der Waals surface area contributed by atoms with Crippen LogP contribution in [0.25, 0.3) is 0 Å². The summed E-state index contributed by atoms with van der Waals surface area (Å²) < 4.78 is 1.03. The molecule has 0 N–H and O–H groups in total. The lowest BCUT2D eigenvalue weighted by Crippen LogP contribution is -2.51. The van der Waals surface area contributed by atoms with Gasteiger partial charge in [-0.05, 0) is 31.0 Å². The molecule has 0 spiro atoms. The average Bonchev–Trinajstić information content (AvgIpc) is 2.46. The number of rotatable bonds is 4. The Morgan fingerprint density at radius 3 is 2.60 bits per heavy atom. The number of nitrogens with zero attached hydrogens (tertiary/aromatic N) is 2. The van der Waals surface area contributed by atoms with Gasteiger partial charge in [-0.15, -0.1) is 0 Å². The summed E-state index contributed by atoms with van der Waals surface area (Å²) in [7, 11) is 0. The molecule has 1 heterocycles. The van der Waals surface area contributed by atoms with Crippen molar-refractivity contribution in [1.29, 1.82) is 0 Å². The van der Waals surface area contributed by atoms with E-state index in [0.717, 1.165) is 36.2 Å². The van der Waals surface area contributed by atoms with Gasteiger partial charge in [0, 0.05) is 36.7 Å². The van der Waals surface area contributed by atoms with E-state index in [0.29, 0.717) is 12.5 Å². The molecule has 0 saturated carbocycles. The largest absolute Gasteiger partial charge is 0.340 e. The van der Waals surface area contributed by atoms with Crippen LogP contribution in [0.3, 0.4) is 0 Å². The molecule has 1 amide bonds. The van der Waals surface area contributed by atoms with E-state index in [-0.39, 0.29) is 5.91 Å². The van der Waals surface area contributed by atoms with Crippen LogP contribution in [0.4, 0.5) is 0 Å². The first-order valence-electron chi connectivity index (χ1n) is 7.36. The van der Waals surface area contributed by atoms with Crippen molar-refractivity contribution in [1.82, 2.24) is 9.80 Å². The lowest BCUT2D eigenvalue weighted by molar-refractivity contribution is -0.132. The summed E-state index contributed by atoms with van der Waals surface area (Å²) in [6.45, 7) is 8.20. The molecule has 4 heteroatoms. The predicted molar refractivity (Wildman–Crippen MR) is 85.8 cm³/mol. The molecule has 20 heavy (non-hydrogen) atoms. The molecule has 1 atom stereocenters. The average molecular weight is 339 g/mol. The molecule has 1 aromatic carbocycles. The molecule has 3 nitrogen and oxygen atoms in total. The zero-order valence-corrected chi connectivity index (χ0v) is 13.9. The molecule has 0 bridgehead atoms. The Morgan fingerprint density at radius 1 is 1.30 bits per heavy atom. The molecule has 2 rings (SSSR count). The Bertz CT molecular complexity index is 456. The second-order valence-corrected chi connectivity index (χ2v) is 6.40. The standard InChI is InChI=1S/C16H23BrN2O/c1-3-13(2)18-7-9-19(10-8-18)16(20)12-14-5-4-6-15(17)11-14/h4-6,11,13H,3,7-10,12H2,1-2H3. The topological polar surface area (TPSA) is 23.6 Å². The summed E-state index contributed by atoms with van der Waals surface area (Å²) in [6, 6.07) is 8.62. The fourth-order valence-corrected chi connectivity index (χ4v) is 3.05. The predicted octanol–water partition coefficient (Wildman–Crippen LogP) is 2.93. The van der Waals surface area contributed by atoms with Gasteiger partial charge < -0.3 is 4.90 Å². The minimum absolute atomic E-state index is 0.243. The summed E-state index contributed by atoms with van der Waals surface area (Å²) in [6.07, 6.45) is 1.68. The van der Waals surface area contributed by atoms with Gasteiger partial charge >= 0.3 is 0 Å². The first-order chi connectivity index (χ1) is 9.60. The highest BCUT2D eigenvalue weighted by atomic mass is 79.9. The summed E-state index contributed by atoms with van der Waals surface area (Å²) in [5, 5.41) is 0. The van der Waals surface area contributed by atoms with Gasteiger partial charge in [-0.1, -0.05) is 35.0 Å². The first-order valence-corrected chi connectivity index (χ1v) is 8.15. The summed E-state index contributed by atoms with van der Waals surface area (Å²) in [4.78, 5) is 16.8. The van der Waals surface area contributed by atoms with E-state index >= 15 is 0 Å². The van der Waals surface area contributed by atoms with Crippen LogP contribution < -0.4 is 0 Å². The minimum Gasteiger partial charge on any atom is -0.340 e. The lowest BCUT2D eigenvalue weighted by atomic mass is 10.1. The zero-order chi connectivity index (χ0) is 14.5. The quantitative estimate of drug-likeness (QED) is 0.842. The molecular weight excluding hydrogens is 316 g/mol. The number of carbonyl (C=O) groups excluding carboxylic acids is 1. The van der Waals surface area contributed by atoms with Crippen LogP contribution in [0.1, 0.15) is 25.8 Å². The maximum Gasteiger partial charge on any atom is 0.227 e. The first kappa shape index (κ1) is 15.5. The number of piperazine rings is 1. The third kappa shape index (κ3) is 4.06. The fourth-order valence-electron chi connectivity index (χ4n) is 2.60. The second kappa shape index (κ2) is 7.23. The van der Waals surface area contributed by atoms with E-state index in [1.807, 2.05) is 29.2 Å². The van der Waals surface area contributed by atoms with Crippen molar-refractivity contribution in [3.05, 3.63) is 34.3 Å². The van der Waals surface area contributed by atoms with E-state index in [9.17, 15) is 4.79 Å². The van der Waals surface area contributed by atoms with Gasteiger partial charge in [0.25, 0.3) is 0 Å². The molecule has 0 radical (unpaired) electrons. The summed E-state index contributed by atoms with van der Waals surface area (Å²) >= 11 is 3.45. The normalized spacial score (nSPS) is 18.1. The zero-order valence-electron chi connectivity index (χ0n) is 12.3. The van der Waals surface area contributed by atoms with Crippen LogP contribution >= 0.6 is 15.9 Å². The molecule has 1 aromatic rings. The minimum atomic E-state index is 0.243. The molecule has 1 aliphatic rings. The lowest BCUT2D eigenvalue weighted by Gasteiger charge is -2.37. The van der Waals surface area contributed by atoms with E-state index in [2.05, 4.69) is 34.7 Å².